The number of rotatable bonds is 8. The highest BCUT2D eigenvalue weighted by Crippen LogP contribution is 2.30. The van der Waals surface area contributed by atoms with Crippen molar-refractivity contribution in [3.8, 4) is 17.3 Å². The highest BCUT2D eigenvalue weighted by atomic mass is 32.2. The molecule has 0 fully saturated rings. The summed E-state index contributed by atoms with van der Waals surface area (Å²) in [6.45, 7) is 4.35. The van der Waals surface area contributed by atoms with Gasteiger partial charge in [0.1, 0.15) is 40.7 Å². The quantitative estimate of drug-likeness (QED) is 0.629. The highest BCUT2D eigenvalue weighted by molar-refractivity contribution is 7.92. The third-order valence-corrected chi connectivity index (χ3v) is 4.85. The molecule has 2 heterocycles. The first-order valence-corrected chi connectivity index (χ1v) is 9.74. The van der Waals surface area contributed by atoms with Gasteiger partial charge in [-0.2, -0.15) is 0 Å². The minimum absolute atomic E-state index is 0.0295. The van der Waals surface area contributed by atoms with Crippen LogP contribution in [-0.4, -0.2) is 41.2 Å². The van der Waals surface area contributed by atoms with Crippen LogP contribution in [-0.2, 0) is 10.0 Å². The highest BCUT2D eigenvalue weighted by Gasteiger charge is 2.22. The Kier molecular flexibility index (Phi) is 5.55. The van der Waals surface area contributed by atoms with Gasteiger partial charge in [-0.25, -0.2) is 23.4 Å². The number of sulfonamides is 1. The Balaban J connectivity index is 1.95. The van der Waals surface area contributed by atoms with Gasteiger partial charge in [-0.15, -0.1) is 0 Å². The summed E-state index contributed by atoms with van der Waals surface area (Å²) in [7, 11) is -3.96. The first-order chi connectivity index (χ1) is 13.0. The van der Waals surface area contributed by atoms with Crippen LogP contribution in [0.1, 0.15) is 13.8 Å². The molecule has 0 saturated carbocycles. The molecule has 3 aromatic rings. The Morgan fingerprint density at radius 3 is 2.63 bits per heavy atom. The Labute approximate surface area is 157 Å². The molecule has 0 amide bonds. The molecule has 0 radical (unpaired) electrons. The molecule has 1 N–H and O–H groups in total. The van der Waals surface area contributed by atoms with E-state index >= 15 is 0 Å². The van der Waals surface area contributed by atoms with Gasteiger partial charge in [0.25, 0.3) is 10.0 Å². The molecule has 27 heavy (non-hydrogen) atoms. The molecule has 0 aliphatic rings. The van der Waals surface area contributed by atoms with Crippen LogP contribution in [0.5, 0.6) is 11.5 Å². The van der Waals surface area contributed by atoms with Gasteiger partial charge in [-0.3, -0.25) is 9.29 Å². The van der Waals surface area contributed by atoms with E-state index in [2.05, 4.69) is 19.7 Å². The number of ether oxygens (including phenoxy) is 2. The maximum absolute atomic E-state index is 12.9. The number of hydrogen-bond donors (Lipinski definition) is 1. The molecule has 0 atom stereocenters. The summed E-state index contributed by atoms with van der Waals surface area (Å²) in [5, 5.41) is 0. The maximum atomic E-state index is 12.9. The van der Waals surface area contributed by atoms with Gasteiger partial charge < -0.3 is 9.47 Å². The lowest BCUT2D eigenvalue weighted by Gasteiger charge is -2.14. The number of imidazole rings is 1. The minimum atomic E-state index is -3.96. The van der Waals surface area contributed by atoms with Crippen molar-refractivity contribution in [2.45, 2.75) is 18.7 Å². The van der Waals surface area contributed by atoms with Crippen LogP contribution < -0.4 is 14.2 Å². The maximum Gasteiger partial charge on any atom is 0.266 e. The monoisotopic (exact) mass is 389 g/mol. The third-order valence-electron chi connectivity index (χ3n) is 3.48. The Morgan fingerprint density at radius 2 is 1.93 bits per heavy atom. The summed E-state index contributed by atoms with van der Waals surface area (Å²) in [5.41, 5.74) is 0. The fourth-order valence-electron chi connectivity index (χ4n) is 2.36. The number of benzene rings is 1. The van der Waals surface area contributed by atoms with E-state index in [1.807, 2.05) is 6.92 Å². The molecule has 0 unspecified atom stereocenters. The summed E-state index contributed by atoms with van der Waals surface area (Å²) >= 11 is 0. The van der Waals surface area contributed by atoms with Crippen LogP contribution in [0.4, 0.5) is 5.82 Å². The van der Waals surface area contributed by atoms with E-state index in [1.165, 1.54) is 18.5 Å². The van der Waals surface area contributed by atoms with Crippen molar-refractivity contribution in [1.82, 2.24) is 19.5 Å². The second-order valence-corrected chi connectivity index (χ2v) is 6.96. The smallest absolute Gasteiger partial charge is 0.266 e. The van der Waals surface area contributed by atoms with Gasteiger partial charge in [0.2, 0.25) is 0 Å². The topological polar surface area (TPSA) is 108 Å². The van der Waals surface area contributed by atoms with Gasteiger partial charge >= 0.3 is 0 Å². The van der Waals surface area contributed by atoms with Crippen molar-refractivity contribution in [3.05, 3.63) is 49.3 Å². The lowest BCUT2D eigenvalue weighted by molar-refractivity contribution is 0.322. The van der Waals surface area contributed by atoms with Crippen molar-refractivity contribution >= 4 is 15.8 Å². The molecule has 142 valence electrons. The van der Waals surface area contributed by atoms with Gasteiger partial charge in [-0.05, 0) is 26.0 Å². The SMILES string of the molecule is CCOc1ccc(OCC)c(S(=O)(=O)Nc2cc(-n3ccnc3)ncn2)c1. The molecule has 0 bridgehead atoms. The third kappa shape index (κ3) is 4.34. The Hall–Kier alpha value is -3.14. The normalized spacial score (nSPS) is 11.2. The van der Waals surface area contributed by atoms with Crippen LogP contribution in [0.25, 0.3) is 5.82 Å². The molecule has 9 nitrogen and oxygen atoms in total. The van der Waals surface area contributed by atoms with Crippen molar-refractivity contribution < 1.29 is 17.9 Å². The van der Waals surface area contributed by atoms with Crippen LogP contribution in [0.2, 0.25) is 0 Å². The predicted octanol–water partition coefficient (Wildman–Crippen LogP) is 2.26. The first-order valence-electron chi connectivity index (χ1n) is 8.26. The molecule has 1 aromatic carbocycles. The first kappa shape index (κ1) is 18.6. The predicted molar refractivity (Wildman–Crippen MR) is 98.7 cm³/mol. The fourth-order valence-corrected chi connectivity index (χ4v) is 3.52. The molecule has 0 aliphatic heterocycles. The van der Waals surface area contributed by atoms with Crippen LogP contribution >= 0.6 is 0 Å². The molecule has 0 spiro atoms. The summed E-state index contributed by atoms with van der Waals surface area (Å²) in [4.78, 5) is 12.0. The van der Waals surface area contributed by atoms with E-state index in [0.717, 1.165) is 0 Å². The lowest BCUT2D eigenvalue weighted by Crippen LogP contribution is -2.16. The van der Waals surface area contributed by atoms with Crippen LogP contribution in [0.3, 0.4) is 0 Å². The van der Waals surface area contributed by atoms with Crippen molar-refractivity contribution in [2.75, 3.05) is 17.9 Å². The van der Waals surface area contributed by atoms with E-state index in [0.29, 0.717) is 24.8 Å². The molecular formula is C17H19N5O4S. The summed E-state index contributed by atoms with van der Waals surface area (Å²) < 4.78 is 40.8. The number of anilines is 1. The van der Waals surface area contributed by atoms with E-state index in [4.69, 9.17) is 9.47 Å². The molecule has 10 heteroatoms. The average molecular weight is 389 g/mol. The summed E-state index contributed by atoms with van der Waals surface area (Å²) in [6, 6.07) is 6.16. The molecule has 0 saturated heterocycles. The fraction of sp³-hybridized carbons (Fsp3) is 0.235. The van der Waals surface area contributed by atoms with Gasteiger partial charge in [-0.1, -0.05) is 0 Å². The van der Waals surface area contributed by atoms with Crippen molar-refractivity contribution in [3.63, 3.8) is 0 Å². The van der Waals surface area contributed by atoms with E-state index in [1.54, 1.807) is 42.3 Å². The van der Waals surface area contributed by atoms with Gasteiger partial charge in [0.15, 0.2) is 0 Å². The minimum Gasteiger partial charge on any atom is -0.494 e. The molecule has 3 rings (SSSR count). The van der Waals surface area contributed by atoms with Crippen LogP contribution in [0, 0.1) is 0 Å². The average Bonchev–Trinajstić information content (AvgIpc) is 3.18. The Morgan fingerprint density at radius 1 is 1.11 bits per heavy atom. The molecule has 2 aromatic heterocycles. The second-order valence-electron chi connectivity index (χ2n) is 5.31. The standard InChI is InChI=1S/C17H19N5O4S/c1-3-25-13-5-6-14(26-4-2)15(9-13)27(23,24)21-16-10-17(20-11-19-16)22-8-7-18-12-22/h5-12H,3-4H2,1-2H3,(H,19,20,21). The van der Waals surface area contributed by atoms with Crippen LogP contribution in [0.15, 0.2) is 54.2 Å². The van der Waals surface area contributed by atoms with E-state index in [9.17, 15) is 8.42 Å². The van der Waals surface area contributed by atoms with Gasteiger partial charge in [0.05, 0.1) is 13.2 Å². The zero-order chi connectivity index (χ0) is 19.3. The lowest BCUT2D eigenvalue weighted by atomic mass is 10.3. The number of nitrogens with one attached hydrogen (secondary N) is 1. The van der Waals surface area contributed by atoms with Crippen molar-refractivity contribution in [1.29, 1.82) is 0 Å². The molecule has 0 aliphatic carbocycles. The zero-order valence-electron chi connectivity index (χ0n) is 14.9. The summed E-state index contributed by atoms with van der Waals surface area (Å²) in [5.74, 6) is 1.27. The van der Waals surface area contributed by atoms with Crippen molar-refractivity contribution in [2.24, 2.45) is 0 Å². The second kappa shape index (κ2) is 8.04. The van der Waals surface area contributed by atoms with E-state index in [-0.39, 0.29) is 16.5 Å². The summed E-state index contributed by atoms with van der Waals surface area (Å²) in [6.07, 6.45) is 6.12. The van der Waals surface area contributed by atoms with E-state index < -0.39 is 10.0 Å². The zero-order valence-corrected chi connectivity index (χ0v) is 15.7. The van der Waals surface area contributed by atoms with Gasteiger partial charge in [0, 0.05) is 24.5 Å². The number of nitrogens with zero attached hydrogens (tertiary/aromatic N) is 4. The Bertz CT molecular complexity index is 1010. The molecular weight excluding hydrogens is 370 g/mol. The largest absolute Gasteiger partial charge is 0.494 e. The number of aromatic nitrogens is 4. The number of hydrogen-bond acceptors (Lipinski definition) is 7.